The highest BCUT2D eigenvalue weighted by Gasteiger charge is 2.14. The number of fused-ring (bicyclic) bond motifs is 1. The van der Waals surface area contributed by atoms with Gasteiger partial charge in [0.15, 0.2) is 0 Å². The highest BCUT2D eigenvalue weighted by molar-refractivity contribution is 5.97. The summed E-state index contributed by atoms with van der Waals surface area (Å²) in [6.45, 7) is -2.88. The first-order chi connectivity index (χ1) is 12.7. The maximum atomic E-state index is 12.8. The van der Waals surface area contributed by atoms with E-state index in [0.29, 0.717) is 11.3 Å². The van der Waals surface area contributed by atoms with Gasteiger partial charge in [-0.05, 0) is 35.4 Å². The molecule has 4 heteroatoms. The molecule has 1 aromatic heterocycles. The fourth-order valence-corrected chi connectivity index (χ4v) is 3.05. The molecule has 0 spiro atoms. The average Bonchev–Trinajstić information content (AvgIpc) is 2.68. The van der Waals surface area contributed by atoms with Gasteiger partial charge in [-0.3, -0.25) is 0 Å². The van der Waals surface area contributed by atoms with Gasteiger partial charge in [-0.1, -0.05) is 60.7 Å². The minimum absolute atomic E-state index is 0.115. The smallest absolute Gasteiger partial charge is 0.387 e. The molecule has 0 radical (unpaired) electrons. The Labute approximate surface area is 149 Å². The number of alkyl halides is 2. The van der Waals surface area contributed by atoms with Crippen LogP contribution in [0.5, 0.6) is 5.75 Å². The van der Waals surface area contributed by atoms with E-state index in [4.69, 9.17) is 0 Å². The van der Waals surface area contributed by atoms with Crippen molar-refractivity contribution in [3.8, 4) is 28.1 Å². The predicted octanol–water partition coefficient (Wildman–Crippen LogP) is 6.17. The SMILES string of the molecule is FC(F)Oc1ccccc1-c1cc(-c2ccccc2)c2ccccc2n1. The summed E-state index contributed by atoms with van der Waals surface area (Å²) in [5, 5.41) is 1.01. The molecular formula is C22H15F2NO. The number of benzene rings is 3. The molecule has 0 atom stereocenters. The van der Waals surface area contributed by atoms with Crippen LogP contribution in [0, 0.1) is 0 Å². The lowest BCUT2D eigenvalue weighted by Crippen LogP contribution is -2.03. The zero-order valence-corrected chi connectivity index (χ0v) is 13.8. The molecule has 0 aliphatic rings. The summed E-state index contributed by atoms with van der Waals surface area (Å²) in [7, 11) is 0. The van der Waals surface area contributed by atoms with Crippen molar-refractivity contribution in [1.29, 1.82) is 0 Å². The molecule has 0 bridgehead atoms. The van der Waals surface area contributed by atoms with Gasteiger partial charge in [-0.25, -0.2) is 4.98 Å². The van der Waals surface area contributed by atoms with Gasteiger partial charge < -0.3 is 4.74 Å². The van der Waals surface area contributed by atoms with E-state index in [9.17, 15) is 8.78 Å². The predicted molar refractivity (Wildman–Crippen MR) is 99.2 cm³/mol. The summed E-state index contributed by atoms with van der Waals surface area (Å²) in [5.41, 5.74) is 3.97. The minimum atomic E-state index is -2.88. The Bertz CT molecular complexity index is 1050. The number of hydrogen-bond donors (Lipinski definition) is 0. The van der Waals surface area contributed by atoms with Gasteiger partial charge in [0, 0.05) is 10.9 Å². The molecule has 0 aliphatic carbocycles. The van der Waals surface area contributed by atoms with Crippen LogP contribution in [0.4, 0.5) is 8.78 Å². The van der Waals surface area contributed by atoms with Crippen LogP contribution < -0.4 is 4.74 Å². The van der Waals surface area contributed by atoms with Crippen LogP contribution in [0.1, 0.15) is 0 Å². The molecular weight excluding hydrogens is 332 g/mol. The Balaban J connectivity index is 1.96. The lowest BCUT2D eigenvalue weighted by Gasteiger charge is -2.13. The van der Waals surface area contributed by atoms with Gasteiger partial charge in [0.25, 0.3) is 0 Å². The first kappa shape index (κ1) is 16.2. The largest absolute Gasteiger partial charge is 0.434 e. The van der Waals surface area contributed by atoms with E-state index in [1.165, 1.54) is 6.07 Å². The summed E-state index contributed by atoms with van der Waals surface area (Å²) in [5.74, 6) is 0.115. The second-order valence-corrected chi connectivity index (χ2v) is 5.81. The molecule has 3 aromatic carbocycles. The third-order valence-corrected chi connectivity index (χ3v) is 4.18. The number of rotatable bonds is 4. The van der Waals surface area contributed by atoms with E-state index in [-0.39, 0.29) is 5.75 Å². The molecule has 0 fully saturated rings. The summed E-state index contributed by atoms with van der Waals surface area (Å²) in [4.78, 5) is 4.67. The highest BCUT2D eigenvalue weighted by atomic mass is 19.3. The number of aromatic nitrogens is 1. The molecule has 0 aliphatic heterocycles. The maximum absolute atomic E-state index is 12.8. The standard InChI is InChI=1S/C22H15F2NO/c23-22(24)26-21-13-7-5-11-17(21)20-14-18(15-8-2-1-3-9-15)16-10-4-6-12-19(16)25-20/h1-14,22H. The van der Waals surface area contributed by atoms with Crippen LogP contribution in [0.3, 0.4) is 0 Å². The molecule has 4 aromatic rings. The topological polar surface area (TPSA) is 22.1 Å². The van der Waals surface area contributed by atoms with Crippen molar-refractivity contribution >= 4 is 10.9 Å². The lowest BCUT2D eigenvalue weighted by molar-refractivity contribution is -0.0494. The molecule has 0 saturated heterocycles. The zero-order valence-electron chi connectivity index (χ0n) is 13.8. The van der Waals surface area contributed by atoms with Crippen molar-refractivity contribution in [3.63, 3.8) is 0 Å². The van der Waals surface area contributed by atoms with Crippen molar-refractivity contribution in [2.75, 3.05) is 0 Å². The first-order valence-electron chi connectivity index (χ1n) is 8.22. The quantitative estimate of drug-likeness (QED) is 0.440. The van der Waals surface area contributed by atoms with Crippen LogP contribution in [0.15, 0.2) is 84.9 Å². The number of hydrogen-bond acceptors (Lipinski definition) is 2. The third kappa shape index (κ3) is 3.14. The molecule has 4 rings (SSSR count). The molecule has 0 unspecified atom stereocenters. The molecule has 0 saturated carbocycles. The van der Waals surface area contributed by atoms with Crippen molar-refractivity contribution in [1.82, 2.24) is 4.98 Å². The van der Waals surface area contributed by atoms with Gasteiger partial charge in [-0.15, -0.1) is 0 Å². The normalized spacial score (nSPS) is 11.0. The van der Waals surface area contributed by atoms with Gasteiger partial charge in [0.1, 0.15) is 5.75 Å². The number of ether oxygens (including phenoxy) is 1. The van der Waals surface area contributed by atoms with Crippen LogP contribution in [0.25, 0.3) is 33.3 Å². The van der Waals surface area contributed by atoms with Gasteiger partial charge in [0.05, 0.1) is 11.2 Å². The Hall–Kier alpha value is -3.27. The van der Waals surface area contributed by atoms with E-state index in [1.807, 2.05) is 60.7 Å². The maximum Gasteiger partial charge on any atom is 0.387 e. The zero-order chi connectivity index (χ0) is 17.9. The molecule has 26 heavy (non-hydrogen) atoms. The van der Waals surface area contributed by atoms with E-state index in [1.54, 1.807) is 18.2 Å². The average molecular weight is 347 g/mol. The van der Waals surface area contributed by atoms with Crippen molar-refractivity contribution in [2.24, 2.45) is 0 Å². The van der Waals surface area contributed by atoms with E-state index in [2.05, 4.69) is 9.72 Å². The Morgan fingerprint density at radius 1 is 0.731 bits per heavy atom. The number of para-hydroxylation sites is 2. The lowest BCUT2D eigenvalue weighted by atomic mass is 9.98. The van der Waals surface area contributed by atoms with Gasteiger partial charge in [0.2, 0.25) is 0 Å². The molecule has 0 amide bonds. The second-order valence-electron chi connectivity index (χ2n) is 5.81. The van der Waals surface area contributed by atoms with Crippen LogP contribution in [0.2, 0.25) is 0 Å². The highest BCUT2D eigenvalue weighted by Crippen LogP contribution is 2.35. The van der Waals surface area contributed by atoms with Crippen LogP contribution >= 0.6 is 0 Å². The fraction of sp³-hybridized carbons (Fsp3) is 0.0455. The Kier molecular flexibility index (Phi) is 4.32. The first-order valence-corrected chi connectivity index (χ1v) is 8.22. The van der Waals surface area contributed by atoms with Crippen LogP contribution in [-0.4, -0.2) is 11.6 Å². The fourth-order valence-electron chi connectivity index (χ4n) is 3.05. The van der Waals surface area contributed by atoms with Crippen molar-refractivity contribution in [2.45, 2.75) is 6.61 Å². The molecule has 128 valence electrons. The molecule has 0 N–H and O–H groups in total. The van der Waals surface area contributed by atoms with Crippen LogP contribution in [-0.2, 0) is 0 Å². The third-order valence-electron chi connectivity index (χ3n) is 4.18. The van der Waals surface area contributed by atoms with Gasteiger partial charge in [-0.2, -0.15) is 8.78 Å². The second kappa shape index (κ2) is 6.92. The van der Waals surface area contributed by atoms with Crippen molar-refractivity contribution in [3.05, 3.63) is 84.9 Å². The number of nitrogens with zero attached hydrogens (tertiary/aromatic N) is 1. The van der Waals surface area contributed by atoms with E-state index < -0.39 is 6.61 Å². The van der Waals surface area contributed by atoms with Gasteiger partial charge >= 0.3 is 6.61 Å². The van der Waals surface area contributed by atoms with Crippen molar-refractivity contribution < 1.29 is 13.5 Å². The summed E-state index contributed by atoms with van der Waals surface area (Å²) in [6.07, 6.45) is 0. The number of pyridine rings is 1. The monoisotopic (exact) mass is 347 g/mol. The van der Waals surface area contributed by atoms with E-state index >= 15 is 0 Å². The summed E-state index contributed by atoms with van der Waals surface area (Å²) < 4.78 is 30.2. The molecule has 1 heterocycles. The Morgan fingerprint density at radius 3 is 2.23 bits per heavy atom. The number of halogens is 2. The van der Waals surface area contributed by atoms with E-state index in [0.717, 1.165) is 22.0 Å². The molecule has 2 nitrogen and oxygen atoms in total. The Morgan fingerprint density at radius 2 is 1.42 bits per heavy atom. The summed E-state index contributed by atoms with van der Waals surface area (Å²) in [6, 6.07) is 26.4. The minimum Gasteiger partial charge on any atom is -0.434 e. The summed E-state index contributed by atoms with van der Waals surface area (Å²) >= 11 is 0.